The summed E-state index contributed by atoms with van der Waals surface area (Å²) in [4.78, 5) is 12.4. The highest BCUT2D eigenvalue weighted by molar-refractivity contribution is 6.39. The first-order valence-electron chi connectivity index (χ1n) is 6.19. The minimum atomic E-state index is -0.582. The van der Waals surface area contributed by atoms with Gasteiger partial charge in [-0.2, -0.15) is 0 Å². The molecular formula is C13H15Cl2FN2O. The number of carbonyl (C=O) groups is 1. The lowest BCUT2D eigenvalue weighted by Gasteiger charge is -2.27. The quantitative estimate of drug-likeness (QED) is 0.896. The Balaban J connectivity index is 2.24. The third-order valence-corrected chi connectivity index (χ3v) is 4.12. The van der Waals surface area contributed by atoms with Crippen LogP contribution in [0, 0.1) is 5.82 Å². The summed E-state index contributed by atoms with van der Waals surface area (Å²) >= 11 is 11.8. The van der Waals surface area contributed by atoms with Crippen LogP contribution >= 0.6 is 23.2 Å². The van der Waals surface area contributed by atoms with Crippen molar-refractivity contribution in [3.05, 3.63) is 28.0 Å². The van der Waals surface area contributed by atoms with Crippen molar-refractivity contribution >= 4 is 34.8 Å². The van der Waals surface area contributed by atoms with Crippen molar-refractivity contribution in [3.8, 4) is 0 Å². The van der Waals surface area contributed by atoms with E-state index in [1.54, 1.807) is 0 Å². The number of hydrogen-bond donors (Lipinski definition) is 2. The summed E-state index contributed by atoms with van der Waals surface area (Å²) in [6.07, 6.45) is 2.40. The Bertz CT molecular complexity index is 478. The molecule has 1 atom stereocenters. The Kier molecular flexibility index (Phi) is 4.33. The molecule has 1 aromatic rings. The molecule has 1 aliphatic heterocycles. The Hall–Kier alpha value is -0.840. The standard InChI is InChI=1S/C13H15Cl2FN2O/c1-2-13(4-3-5-17-13)12(19)18-11-9(14)6-8(16)7-10(11)15/h6-7,17H,2-5H2,1H3,(H,18,19). The minimum absolute atomic E-state index is 0.0996. The molecule has 1 fully saturated rings. The minimum Gasteiger partial charge on any atom is -0.322 e. The zero-order chi connectivity index (χ0) is 14.0. The van der Waals surface area contributed by atoms with E-state index in [9.17, 15) is 9.18 Å². The predicted molar refractivity (Wildman–Crippen MR) is 75.3 cm³/mol. The summed E-state index contributed by atoms with van der Waals surface area (Å²) < 4.78 is 13.1. The summed E-state index contributed by atoms with van der Waals surface area (Å²) in [6, 6.07) is 2.26. The molecule has 0 bridgehead atoms. The van der Waals surface area contributed by atoms with Gasteiger partial charge in [0, 0.05) is 0 Å². The molecule has 1 aromatic carbocycles. The molecule has 0 aromatic heterocycles. The van der Waals surface area contributed by atoms with E-state index in [0.29, 0.717) is 6.42 Å². The zero-order valence-electron chi connectivity index (χ0n) is 10.5. The molecule has 2 rings (SSSR count). The second-order valence-corrected chi connectivity index (χ2v) is 5.48. The number of benzene rings is 1. The number of halogens is 3. The molecule has 1 amide bonds. The van der Waals surface area contributed by atoms with E-state index in [4.69, 9.17) is 23.2 Å². The monoisotopic (exact) mass is 304 g/mol. The fourth-order valence-corrected chi connectivity index (χ4v) is 2.91. The lowest BCUT2D eigenvalue weighted by atomic mass is 9.93. The number of amides is 1. The number of hydrogen-bond acceptors (Lipinski definition) is 2. The third kappa shape index (κ3) is 2.86. The fraction of sp³-hybridized carbons (Fsp3) is 0.462. The van der Waals surface area contributed by atoms with Crippen LogP contribution in [0.5, 0.6) is 0 Å². The molecule has 6 heteroatoms. The van der Waals surface area contributed by atoms with Gasteiger partial charge in [-0.1, -0.05) is 30.1 Å². The van der Waals surface area contributed by atoms with Crippen molar-refractivity contribution < 1.29 is 9.18 Å². The van der Waals surface area contributed by atoms with Crippen LogP contribution in [0.15, 0.2) is 12.1 Å². The van der Waals surface area contributed by atoms with Crippen molar-refractivity contribution in [3.63, 3.8) is 0 Å². The fourth-order valence-electron chi connectivity index (χ4n) is 2.36. The van der Waals surface area contributed by atoms with Crippen molar-refractivity contribution in [2.75, 3.05) is 11.9 Å². The average Bonchev–Trinajstić information content (AvgIpc) is 2.83. The normalized spacial score (nSPS) is 22.5. The molecule has 0 radical (unpaired) electrons. The Morgan fingerprint density at radius 2 is 2.11 bits per heavy atom. The molecule has 1 aliphatic rings. The number of rotatable bonds is 3. The number of nitrogens with one attached hydrogen (secondary N) is 2. The van der Waals surface area contributed by atoms with Gasteiger partial charge in [0.2, 0.25) is 5.91 Å². The van der Waals surface area contributed by atoms with Gasteiger partial charge >= 0.3 is 0 Å². The molecular weight excluding hydrogens is 290 g/mol. The molecule has 1 unspecified atom stereocenters. The first kappa shape index (κ1) is 14.6. The second-order valence-electron chi connectivity index (χ2n) is 4.66. The van der Waals surface area contributed by atoms with Crippen LogP contribution in [0.1, 0.15) is 26.2 Å². The predicted octanol–water partition coefficient (Wildman–Crippen LogP) is 3.60. The highest BCUT2D eigenvalue weighted by Crippen LogP contribution is 2.33. The highest BCUT2D eigenvalue weighted by atomic mass is 35.5. The molecule has 2 N–H and O–H groups in total. The van der Waals surface area contributed by atoms with E-state index in [1.807, 2.05) is 6.92 Å². The van der Waals surface area contributed by atoms with Gasteiger partial charge in [-0.3, -0.25) is 4.79 Å². The van der Waals surface area contributed by atoms with Gasteiger partial charge in [-0.25, -0.2) is 4.39 Å². The summed E-state index contributed by atoms with van der Waals surface area (Å²) in [6.45, 7) is 2.76. The van der Waals surface area contributed by atoms with Gasteiger partial charge in [0.1, 0.15) is 5.82 Å². The maximum Gasteiger partial charge on any atom is 0.244 e. The first-order chi connectivity index (χ1) is 8.98. The van der Waals surface area contributed by atoms with Gasteiger partial charge in [-0.05, 0) is 37.9 Å². The smallest absolute Gasteiger partial charge is 0.244 e. The second kappa shape index (κ2) is 5.65. The Labute approximate surface area is 121 Å². The largest absolute Gasteiger partial charge is 0.322 e. The van der Waals surface area contributed by atoms with E-state index in [0.717, 1.165) is 31.5 Å². The first-order valence-corrected chi connectivity index (χ1v) is 6.95. The van der Waals surface area contributed by atoms with Crippen LogP contribution in [-0.2, 0) is 4.79 Å². The SMILES string of the molecule is CCC1(C(=O)Nc2c(Cl)cc(F)cc2Cl)CCCN1. The molecule has 3 nitrogen and oxygen atoms in total. The van der Waals surface area contributed by atoms with E-state index in [-0.39, 0.29) is 21.6 Å². The van der Waals surface area contributed by atoms with Crippen molar-refractivity contribution in [1.82, 2.24) is 5.32 Å². The average molecular weight is 305 g/mol. The molecule has 104 valence electrons. The highest BCUT2D eigenvalue weighted by Gasteiger charge is 2.39. The molecule has 0 aliphatic carbocycles. The molecule has 1 heterocycles. The molecule has 1 saturated heterocycles. The van der Waals surface area contributed by atoms with Crippen molar-refractivity contribution in [2.24, 2.45) is 0 Å². The van der Waals surface area contributed by atoms with Crippen LogP contribution in [0.2, 0.25) is 10.0 Å². The lowest BCUT2D eigenvalue weighted by Crippen LogP contribution is -2.50. The summed E-state index contributed by atoms with van der Waals surface area (Å²) in [7, 11) is 0. The summed E-state index contributed by atoms with van der Waals surface area (Å²) in [5.74, 6) is -0.708. The molecule has 0 spiro atoms. The summed E-state index contributed by atoms with van der Waals surface area (Å²) in [5, 5.41) is 6.12. The Morgan fingerprint density at radius 1 is 1.47 bits per heavy atom. The molecule has 19 heavy (non-hydrogen) atoms. The van der Waals surface area contributed by atoms with Crippen molar-refractivity contribution in [2.45, 2.75) is 31.7 Å². The van der Waals surface area contributed by atoms with E-state index in [1.165, 1.54) is 0 Å². The van der Waals surface area contributed by atoms with Crippen LogP contribution in [0.25, 0.3) is 0 Å². The van der Waals surface area contributed by atoms with Crippen molar-refractivity contribution in [1.29, 1.82) is 0 Å². The topological polar surface area (TPSA) is 41.1 Å². The van der Waals surface area contributed by atoms with E-state index < -0.39 is 11.4 Å². The third-order valence-electron chi connectivity index (χ3n) is 3.53. The number of carbonyl (C=O) groups excluding carboxylic acids is 1. The van der Waals surface area contributed by atoms with Crippen LogP contribution in [0.4, 0.5) is 10.1 Å². The Morgan fingerprint density at radius 3 is 2.58 bits per heavy atom. The van der Waals surface area contributed by atoms with Crippen LogP contribution < -0.4 is 10.6 Å². The van der Waals surface area contributed by atoms with Gasteiger partial charge in [0.05, 0.1) is 21.3 Å². The van der Waals surface area contributed by atoms with Crippen LogP contribution in [0.3, 0.4) is 0 Å². The van der Waals surface area contributed by atoms with Gasteiger partial charge in [-0.15, -0.1) is 0 Å². The maximum atomic E-state index is 13.1. The van der Waals surface area contributed by atoms with Gasteiger partial charge < -0.3 is 10.6 Å². The maximum absolute atomic E-state index is 13.1. The number of anilines is 1. The molecule has 0 saturated carbocycles. The summed E-state index contributed by atoms with van der Waals surface area (Å²) in [5.41, 5.74) is -0.322. The van der Waals surface area contributed by atoms with Crippen LogP contribution in [-0.4, -0.2) is 18.0 Å². The zero-order valence-corrected chi connectivity index (χ0v) is 12.0. The van der Waals surface area contributed by atoms with E-state index >= 15 is 0 Å². The van der Waals surface area contributed by atoms with Gasteiger partial charge in [0.15, 0.2) is 0 Å². The van der Waals surface area contributed by atoms with Gasteiger partial charge in [0.25, 0.3) is 0 Å². The van der Waals surface area contributed by atoms with E-state index in [2.05, 4.69) is 10.6 Å². The lowest BCUT2D eigenvalue weighted by molar-refractivity contribution is -0.122.